The second-order valence-corrected chi connectivity index (χ2v) is 5.60. The Bertz CT molecular complexity index is 693. The fourth-order valence-electron chi connectivity index (χ4n) is 2.21. The number of nitrogens with one attached hydrogen (secondary N) is 2. The Morgan fingerprint density at radius 3 is 2.39 bits per heavy atom. The second kappa shape index (κ2) is 7.58. The van der Waals surface area contributed by atoms with Gasteiger partial charge in [-0.15, -0.1) is 0 Å². The van der Waals surface area contributed by atoms with Crippen molar-refractivity contribution >= 4 is 17.5 Å². The summed E-state index contributed by atoms with van der Waals surface area (Å²) in [5, 5.41) is 5.52. The highest BCUT2D eigenvalue weighted by molar-refractivity contribution is 6.01. The lowest BCUT2D eigenvalue weighted by molar-refractivity contribution is -0.117. The number of carbonyl (C=O) groups is 2. The van der Waals surface area contributed by atoms with Gasteiger partial charge in [0.2, 0.25) is 5.91 Å². The third kappa shape index (κ3) is 4.68. The van der Waals surface area contributed by atoms with Gasteiger partial charge in [-0.1, -0.05) is 36.8 Å². The lowest BCUT2D eigenvalue weighted by Crippen LogP contribution is -2.41. The Morgan fingerprint density at radius 1 is 1.09 bits per heavy atom. The molecular weight excluding hydrogens is 288 g/mol. The Kier molecular flexibility index (Phi) is 5.52. The molecule has 0 aliphatic rings. The van der Waals surface area contributed by atoms with Crippen molar-refractivity contribution in [2.75, 3.05) is 5.32 Å². The van der Waals surface area contributed by atoms with E-state index in [1.165, 1.54) is 5.56 Å². The molecule has 0 unspecified atom stereocenters. The molecule has 0 heterocycles. The number of rotatable bonds is 5. The molecule has 2 aromatic carbocycles. The van der Waals surface area contributed by atoms with E-state index < -0.39 is 6.04 Å². The van der Waals surface area contributed by atoms with E-state index in [0.29, 0.717) is 5.56 Å². The van der Waals surface area contributed by atoms with Crippen molar-refractivity contribution in [3.05, 3.63) is 65.2 Å². The molecule has 0 aromatic heterocycles. The van der Waals surface area contributed by atoms with Crippen LogP contribution >= 0.6 is 0 Å². The Labute approximate surface area is 136 Å². The fraction of sp³-hybridized carbons (Fsp3) is 0.263. The van der Waals surface area contributed by atoms with Gasteiger partial charge in [0.15, 0.2) is 0 Å². The maximum Gasteiger partial charge on any atom is 0.251 e. The van der Waals surface area contributed by atoms with Crippen LogP contribution in [0.1, 0.15) is 35.3 Å². The van der Waals surface area contributed by atoms with Crippen LogP contribution in [-0.4, -0.2) is 17.9 Å². The molecule has 0 saturated heterocycles. The summed E-state index contributed by atoms with van der Waals surface area (Å²) in [6.45, 7) is 5.67. The molecule has 2 rings (SSSR count). The van der Waals surface area contributed by atoms with Gasteiger partial charge in [0.05, 0.1) is 0 Å². The van der Waals surface area contributed by atoms with Crippen LogP contribution in [0.15, 0.2) is 48.5 Å². The first-order valence-electron chi connectivity index (χ1n) is 7.77. The molecule has 2 aromatic rings. The molecule has 2 amide bonds. The lowest BCUT2D eigenvalue weighted by atomic mass is 10.1. The van der Waals surface area contributed by atoms with E-state index in [2.05, 4.69) is 17.6 Å². The highest BCUT2D eigenvalue weighted by Gasteiger charge is 2.16. The number of benzene rings is 2. The maximum absolute atomic E-state index is 12.2. The van der Waals surface area contributed by atoms with E-state index in [1.54, 1.807) is 19.1 Å². The third-order valence-electron chi connectivity index (χ3n) is 3.65. The minimum atomic E-state index is -0.617. The van der Waals surface area contributed by atoms with Gasteiger partial charge in [0.1, 0.15) is 6.04 Å². The van der Waals surface area contributed by atoms with Crippen LogP contribution in [0.2, 0.25) is 0 Å². The van der Waals surface area contributed by atoms with Gasteiger partial charge >= 0.3 is 0 Å². The zero-order valence-electron chi connectivity index (χ0n) is 13.7. The van der Waals surface area contributed by atoms with Crippen molar-refractivity contribution in [1.82, 2.24) is 5.32 Å². The largest absolute Gasteiger partial charge is 0.341 e. The van der Waals surface area contributed by atoms with Gasteiger partial charge in [-0.05, 0) is 50.1 Å². The predicted molar refractivity (Wildman–Crippen MR) is 92.6 cm³/mol. The summed E-state index contributed by atoms with van der Waals surface area (Å²) in [6, 6.07) is 14.3. The van der Waals surface area contributed by atoms with E-state index in [-0.39, 0.29) is 11.8 Å². The van der Waals surface area contributed by atoms with Crippen molar-refractivity contribution in [2.24, 2.45) is 0 Å². The molecule has 1 atom stereocenters. The predicted octanol–water partition coefficient (Wildman–Crippen LogP) is 3.31. The zero-order chi connectivity index (χ0) is 16.8. The normalized spacial score (nSPS) is 11.6. The molecule has 0 spiro atoms. The molecule has 0 bridgehead atoms. The molecule has 4 nitrogen and oxygen atoms in total. The highest BCUT2D eigenvalue weighted by atomic mass is 16.2. The van der Waals surface area contributed by atoms with E-state index in [4.69, 9.17) is 0 Å². The Morgan fingerprint density at radius 2 is 1.78 bits per heavy atom. The van der Waals surface area contributed by atoms with Crippen LogP contribution in [-0.2, 0) is 11.2 Å². The van der Waals surface area contributed by atoms with Crippen molar-refractivity contribution in [2.45, 2.75) is 33.2 Å². The SMILES string of the molecule is CCc1ccc(NC(=O)[C@H](C)NC(=O)c2cccc(C)c2)cc1. The summed E-state index contributed by atoms with van der Waals surface area (Å²) in [5.74, 6) is -0.493. The van der Waals surface area contributed by atoms with Crippen LogP contribution in [0.25, 0.3) is 0 Å². The summed E-state index contributed by atoms with van der Waals surface area (Å²) < 4.78 is 0. The van der Waals surface area contributed by atoms with Gasteiger partial charge in [0.25, 0.3) is 5.91 Å². The second-order valence-electron chi connectivity index (χ2n) is 5.60. The summed E-state index contributed by atoms with van der Waals surface area (Å²) in [7, 11) is 0. The molecule has 120 valence electrons. The van der Waals surface area contributed by atoms with Crippen LogP contribution in [0.3, 0.4) is 0 Å². The molecule has 0 radical (unpaired) electrons. The Hall–Kier alpha value is -2.62. The van der Waals surface area contributed by atoms with E-state index >= 15 is 0 Å². The number of carbonyl (C=O) groups excluding carboxylic acids is 2. The van der Waals surface area contributed by atoms with Crippen molar-refractivity contribution in [1.29, 1.82) is 0 Å². The molecule has 0 aliphatic carbocycles. The maximum atomic E-state index is 12.2. The minimum absolute atomic E-state index is 0.241. The van der Waals surface area contributed by atoms with Crippen LogP contribution in [0, 0.1) is 6.92 Å². The molecule has 23 heavy (non-hydrogen) atoms. The molecule has 4 heteroatoms. The lowest BCUT2D eigenvalue weighted by Gasteiger charge is -2.14. The zero-order valence-corrected chi connectivity index (χ0v) is 13.7. The van der Waals surface area contributed by atoms with E-state index in [1.807, 2.05) is 43.3 Å². The van der Waals surface area contributed by atoms with Gasteiger partial charge < -0.3 is 10.6 Å². The van der Waals surface area contributed by atoms with Gasteiger partial charge in [0, 0.05) is 11.3 Å². The first-order chi connectivity index (χ1) is 11.0. The number of hydrogen-bond acceptors (Lipinski definition) is 2. The van der Waals surface area contributed by atoms with Gasteiger partial charge in [-0.3, -0.25) is 9.59 Å². The summed E-state index contributed by atoms with van der Waals surface area (Å²) in [4.78, 5) is 24.3. The molecule has 2 N–H and O–H groups in total. The molecule has 0 aliphatic heterocycles. The molecule has 0 saturated carbocycles. The number of anilines is 1. The highest BCUT2D eigenvalue weighted by Crippen LogP contribution is 2.10. The minimum Gasteiger partial charge on any atom is -0.341 e. The van der Waals surface area contributed by atoms with Crippen LogP contribution in [0.4, 0.5) is 5.69 Å². The first kappa shape index (κ1) is 16.7. The average molecular weight is 310 g/mol. The third-order valence-corrected chi connectivity index (χ3v) is 3.65. The molecule has 0 fully saturated rings. The summed E-state index contributed by atoms with van der Waals surface area (Å²) in [5.41, 5.74) is 3.50. The number of amides is 2. The number of hydrogen-bond donors (Lipinski definition) is 2. The Balaban J connectivity index is 1.95. The summed E-state index contributed by atoms with van der Waals surface area (Å²) in [6.07, 6.45) is 0.956. The van der Waals surface area contributed by atoms with Crippen molar-refractivity contribution in [3.63, 3.8) is 0 Å². The number of aryl methyl sites for hydroxylation is 2. The van der Waals surface area contributed by atoms with Crippen molar-refractivity contribution < 1.29 is 9.59 Å². The topological polar surface area (TPSA) is 58.2 Å². The first-order valence-corrected chi connectivity index (χ1v) is 7.77. The summed E-state index contributed by atoms with van der Waals surface area (Å²) >= 11 is 0. The van der Waals surface area contributed by atoms with Crippen molar-refractivity contribution in [3.8, 4) is 0 Å². The fourth-order valence-corrected chi connectivity index (χ4v) is 2.21. The van der Waals surface area contributed by atoms with E-state index in [0.717, 1.165) is 17.7 Å². The molecular formula is C19H22N2O2. The van der Waals surface area contributed by atoms with Crippen LogP contribution < -0.4 is 10.6 Å². The smallest absolute Gasteiger partial charge is 0.251 e. The monoisotopic (exact) mass is 310 g/mol. The van der Waals surface area contributed by atoms with Crippen LogP contribution in [0.5, 0.6) is 0 Å². The van der Waals surface area contributed by atoms with Gasteiger partial charge in [-0.25, -0.2) is 0 Å². The van der Waals surface area contributed by atoms with E-state index in [9.17, 15) is 9.59 Å². The quantitative estimate of drug-likeness (QED) is 0.890. The standard InChI is InChI=1S/C19H22N2O2/c1-4-15-8-10-17(11-9-15)21-18(22)14(3)20-19(23)16-7-5-6-13(2)12-16/h5-12,14H,4H2,1-3H3,(H,20,23)(H,21,22)/t14-/m0/s1. The average Bonchev–Trinajstić information content (AvgIpc) is 2.55. The van der Waals surface area contributed by atoms with Gasteiger partial charge in [-0.2, -0.15) is 0 Å².